The predicted octanol–water partition coefficient (Wildman–Crippen LogP) is 6.75. The van der Waals surface area contributed by atoms with Gasteiger partial charge in [-0.05, 0) is 89.7 Å². The molecule has 1 aromatic heterocycles. The van der Waals surface area contributed by atoms with Gasteiger partial charge >= 0.3 is 6.09 Å². The molecule has 8 heteroatoms. The van der Waals surface area contributed by atoms with Crippen molar-refractivity contribution in [3.63, 3.8) is 0 Å². The average Bonchev–Trinajstić information content (AvgIpc) is 3.39. The lowest BCUT2D eigenvalue weighted by Gasteiger charge is -2.38. The second-order valence-corrected chi connectivity index (χ2v) is 14.7. The minimum atomic E-state index is -0.610. The van der Waals surface area contributed by atoms with Gasteiger partial charge in [0, 0.05) is 30.7 Å². The fourth-order valence-corrected chi connectivity index (χ4v) is 6.52. The summed E-state index contributed by atoms with van der Waals surface area (Å²) < 4.78 is 8.05. The van der Waals surface area contributed by atoms with Gasteiger partial charge in [-0.3, -0.25) is 4.79 Å². The van der Waals surface area contributed by atoms with Crippen LogP contribution in [0.1, 0.15) is 114 Å². The first-order valence-corrected chi connectivity index (χ1v) is 15.0. The van der Waals surface area contributed by atoms with Crippen LogP contribution in [0.15, 0.2) is 18.2 Å². The minimum absolute atomic E-state index is 0.0937. The molecule has 1 N–H and O–H groups in total. The lowest BCUT2D eigenvalue weighted by molar-refractivity contribution is -0.119. The zero-order valence-corrected chi connectivity index (χ0v) is 25.6. The lowest BCUT2D eigenvalue weighted by Crippen LogP contribution is -2.36. The highest BCUT2D eigenvalue weighted by Crippen LogP contribution is 2.49. The second kappa shape index (κ2) is 10.5. The summed E-state index contributed by atoms with van der Waals surface area (Å²) in [6, 6.07) is 6.41. The Hall–Kier alpha value is -2.90. The molecule has 3 fully saturated rings. The first-order chi connectivity index (χ1) is 18.7. The van der Waals surface area contributed by atoms with Crippen molar-refractivity contribution in [2.24, 2.45) is 17.3 Å². The maximum Gasteiger partial charge on any atom is 0.410 e. The number of nitrogens with zero attached hydrogens (tertiary/aromatic N) is 4. The molecule has 1 aromatic carbocycles. The van der Waals surface area contributed by atoms with Crippen LogP contribution in [0.5, 0.6) is 0 Å². The van der Waals surface area contributed by atoms with Gasteiger partial charge in [-0.15, -0.1) is 10.2 Å². The Morgan fingerprint density at radius 1 is 1.00 bits per heavy atom. The second-order valence-electron chi connectivity index (χ2n) is 14.7. The molecule has 0 bridgehead atoms. The molecule has 40 heavy (non-hydrogen) atoms. The summed E-state index contributed by atoms with van der Waals surface area (Å²) in [4.78, 5) is 28.6. The molecular formula is C32H47N5O3. The number of aromatic nitrogens is 3. The number of anilines is 1. The highest BCUT2D eigenvalue weighted by Gasteiger charge is 2.47. The number of benzene rings is 1. The van der Waals surface area contributed by atoms with Gasteiger partial charge in [0.2, 0.25) is 5.91 Å². The number of amides is 2. The number of ether oxygens (including phenoxy) is 1. The van der Waals surface area contributed by atoms with E-state index in [1.807, 2.05) is 46.8 Å². The molecule has 2 atom stereocenters. The normalized spacial score (nSPS) is 25.1. The van der Waals surface area contributed by atoms with Crippen molar-refractivity contribution in [2.45, 2.75) is 111 Å². The number of nitrogens with one attached hydrogen (secondary N) is 1. The van der Waals surface area contributed by atoms with Gasteiger partial charge < -0.3 is 19.5 Å². The summed E-state index contributed by atoms with van der Waals surface area (Å²) in [6.45, 7) is 17.3. The summed E-state index contributed by atoms with van der Waals surface area (Å²) in [5.41, 5.74) is 2.69. The number of hydrogen-bond acceptors (Lipinski definition) is 5. The van der Waals surface area contributed by atoms with Crippen molar-refractivity contribution in [1.82, 2.24) is 19.7 Å². The van der Waals surface area contributed by atoms with Crippen LogP contribution < -0.4 is 5.32 Å². The van der Waals surface area contributed by atoms with Crippen LogP contribution in [-0.4, -0.2) is 50.4 Å². The summed E-state index contributed by atoms with van der Waals surface area (Å²) >= 11 is 0. The summed E-state index contributed by atoms with van der Waals surface area (Å²) in [5, 5.41) is 12.7. The van der Waals surface area contributed by atoms with Gasteiger partial charge in [0.05, 0.1) is 11.8 Å². The Labute approximate surface area is 239 Å². The van der Waals surface area contributed by atoms with E-state index >= 15 is 0 Å². The highest BCUT2D eigenvalue weighted by atomic mass is 16.6. The smallest absolute Gasteiger partial charge is 0.410 e. The van der Waals surface area contributed by atoms with E-state index in [9.17, 15) is 9.59 Å². The van der Waals surface area contributed by atoms with Gasteiger partial charge in [-0.2, -0.15) is 0 Å². The monoisotopic (exact) mass is 549 g/mol. The molecule has 5 rings (SSSR count). The third kappa shape index (κ3) is 6.36. The third-order valence-corrected chi connectivity index (χ3v) is 8.44. The SMILES string of the molecule is Cc1ccc(NC(=O)[C@H]2CN(C(=O)OC(C)(C)C)C[C@@H]2c2nnc([C@H]3C[C@@H](CC(C)(C)C)C3)n2C2CC2)c(C)c1. The molecule has 1 aliphatic heterocycles. The van der Waals surface area contributed by atoms with E-state index in [1.165, 1.54) is 6.42 Å². The van der Waals surface area contributed by atoms with Crippen molar-refractivity contribution < 1.29 is 14.3 Å². The molecule has 1 saturated heterocycles. The number of carbonyl (C=O) groups excluding carboxylic acids is 2. The van der Waals surface area contributed by atoms with Gasteiger partial charge in [-0.1, -0.05) is 38.5 Å². The Kier molecular flexibility index (Phi) is 7.51. The van der Waals surface area contributed by atoms with E-state index in [-0.39, 0.29) is 17.9 Å². The van der Waals surface area contributed by atoms with Crippen LogP contribution in [-0.2, 0) is 9.53 Å². The van der Waals surface area contributed by atoms with Crippen LogP contribution >= 0.6 is 0 Å². The van der Waals surface area contributed by atoms with Crippen molar-refractivity contribution in [3.8, 4) is 0 Å². The lowest BCUT2D eigenvalue weighted by atomic mass is 9.68. The number of likely N-dealkylation sites (tertiary alicyclic amines) is 1. The van der Waals surface area contributed by atoms with Gasteiger partial charge in [0.1, 0.15) is 17.2 Å². The van der Waals surface area contributed by atoms with E-state index in [0.717, 1.165) is 60.1 Å². The maximum absolute atomic E-state index is 13.8. The number of hydrogen-bond donors (Lipinski definition) is 1. The van der Waals surface area contributed by atoms with E-state index in [4.69, 9.17) is 14.9 Å². The standard InChI is InChI=1S/C32H47N5O3/c1-19-9-12-26(20(2)13-19)33-29(38)25-18-36(30(39)40-32(6,7)8)17-24(25)28-35-34-27(37(28)23-10-11-23)22-14-21(15-22)16-31(3,4)5/h9,12-13,21-25H,10-11,14-18H2,1-8H3,(H,33,38)/t21-,22+,24-,25-/m0/s1. The molecular weight excluding hydrogens is 502 g/mol. The van der Waals surface area contributed by atoms with E-state index in [1.54, 1.807) is 4.90 Å². The quantitative estimate of drug-likeness (QED) is 0.431. The van der Waals surface area contributed by atoms with Crippen LogP contribution in [0.25, 0.3) is 0 Å². The Morgan fingerprint density at radius 3 is 2.27 bits per heavy atom. The van der Waals surface area contributed by atoms with Gasteiger partial charge in [0.15, 0.2) is 0 Å². The summed E-state index contributed by atoms with van der Waals surface area (Å²) in [6.07, 6.45) is 5.35. The largest absolute Gasteiger partial charge is 0.444 e. The average molecular weight is 550 g/mol. The molecule has 218 valence electrons. The zero-order chi connectivity index (χ0) is 29.0. The molecule has 2 aliphatic carbocycles. The molecule has 0 radical (unpaired) electrons. The highest BCUT2D eigenvalue weighted by molar-refractivity contribution is 5.94. The van der Waals surface area contributed by atoms with Gasteiger partial charge in [-0.25, -0.2) is 4.79 Å². The van der Waals surface area contributed by atoms with Crippen molar-refractivity contribution >= 4 is 17.7 Å². The maximum atomic E-state index is 13.8. The molecule has 2 amide bonds. The van der Waals surface area contributed by atoms with Crippen LogP contribution in [0.2, 0.25) is 0 Å². The van der Waals surface area contributed by atoms with Crippen LogP contribution in [0, 0.1) is 31.1 Å². The van der Waals surface area contributed by atoms with Crippen LogP contribution in [0.4, 0.5) is 10.5 Å². The molecule has 2 heterocycles. The number of aryl methyl sites for hydroxylation is 2. The van der Waals surface area contributed by atoms with Crippen LogP contribution in [0.3, 0.4) is 0 Å². The van der Waals surface area contributed by atoms with Crippen molar-refractivity contribution in [3.05, 3.63) is 41.0 Å². The molecule has 2 aromatic rings. The third-order valence-electron chi connectivity index (χ3n) is 8.44. The zero-order valence-electron chi connectivity index (χ0n) is 25.6. The van der Waals surface area contributed by atoms with E-state index in [2.05, 4.69) is 36.7 Å². The first-order valence-electron chi connectivity index (χ1n) is 15.0. The Balaban J connectivity index is 1.41. The Morgan fingerprint density at radius 2 is 1.68 bits per heavy atom. The molecule has 8 nitrogen and oxygen atoms in total. The molecule has 3 aliphatic rings. The minimum Gasteiger partial charge on any atom is -0.444 e. The molecule has 0 unspecified atom stereocenters. The fraction of sp³-hybridized carbons (Fsp3) is 0.688. The van der Waals surface area contributed by atoms with Crippen molar-refractivity contribution in [1.29, 1.82) is 0 Å². The predicted molar refractivity (Wildman–Crippen MR) is 156 cm³/mol. The molecule has 2 saturated carbocycles. The van der Waals surface area contributed by atoms with E-state index in [0.29, 0.717) is 30.5 Å². The van der Waals surface area contributed by atoms with Crippen molar-refractivity contribution in [2.75, 3.05) is 18.4 Å². The molecule has 0 spiro atoms. The van der Waals surface area contributed by atoms with Gasteiger partial charge in [0.25, 0.3) is 0 Å². The number of rotatable bonds is 6. The summed E-state index contributed by atoms with van der Waals surface area (Å²) in [5.74, 6) is 2.28. The first kappa shape index (κ1) is 28.6. The topological polar surface area (TPSA) is 89.3 Å². The Bertz CT molecular complexity index is 1260. The number of carbonyl (C=O) groups is 2. The van der Waals surface area contributed by atoms with E-state index < -0.39 is 11.5 Å². The summed E-state index contributed by atoms with van der Waals surface area (Å²) in [7, 11) is 0. The fourth-order valence-electron chi connectivity index (χ4n) is 6.52.